The molecule has 5 heteroatoms. The fourth-order valence-electron chi connectivity index (χ4n) is 0.901. The van der Waals surface area contributed by atoms with Gasteiger partial charge in [0.15, 0.2) is 0 Å². The molecule has 0 aromatic carbocycles. The molecule has 0 N–H and O–H groups in total. The Morgan fingerprint density at radius 1 is 1.25 bits per heavy atom. The molecule has 0 aromatic heterocycles. The fraction of sp³-hybridized carbons (Fsp3) is 0.818. The Hall–Kier alpha value is -0.330. The summed E-state index contributed by atoms with van der Waals surface area (Å²) in [7, 11) is 0. The maximum atomic E-state index is 11.4. The van der Waals surface area contributed by atoms with Gasteiger partial charge in [0.05, 0.1) is 13.0 Å². The first-order chi connectivity index (χ1) is 7.49. The van der Waals surface area contributed by atoms with Crippen LogP contribution in [0.2, 0.25) is 0 Å². The third kappa shape index (κ3) is 7.90. The van der Waals surface area contributed by atoms with E-state index < -0.39 is 0 Å². The molecule has 0 aliphatic carbocycles. The largest absolute Gasteiger partial charge is 0.465 e. The van der Waals surface area contributed by atoms with Crippen molar-refractivity contribution in [1.82, 2.24) is 0 Å². The van der Waals surface area contributed by atoms with E-state index in [1.807, 2.05) is 13.8 Å². The molecule has 0 saturated carbocycles. The number of hydrogen-bond donors (Lipinski definition) is 0. The first-order valence-electron chi connectivity index (χ1n) is 5.40. The Morgan fingerprint density at radius 3 is 2.31 bits per heavy atom. The smallest absolute Gasteiger partial charge is 0.309 e. The maximum absolute atomic E-state index is 11.4. The van der Waals surface area contributed by atoms with Gasteiger partial charge in [-0.1, -0.05) is 43.4 Å². The van der Waals surface area contributed by atoms with Crippen molar-refractivity contribution >= 4 is 34.5 Å². The summed E-state index contributed by atoms with van der Waals surface area (Å²) in [6.07, 6.45) is 0.1000. The molecule has 0 aliphatic rings. The highest BCUT2D eigenvalue weighted by molar-refractivity contribution is 14.1. The first-order valence-corrected chi connectivity index (χ1v) is 6.93. The SMILES string of the molecule is CCC(=O)OC(CI)CC(=O)OCC(C)C. The third-order valence-corrected chi connectivity index (χ3v) is 2.71. The van der Waals surface area contributed by atoms with E-state index in [4.69, 9.17) is 9.47 Å². The second kappa shape index (κ2) is 8.78. The molecule has 4 nitrogen and oxygen atoms in total. The number of hydrogen-bond acceptors (Lipinski definition) is 4. The van der Waals surface area contributed by atoms with Crippen molar-refractivity contribution in [2.24, 2.45) is 5.92 Å². The van der Waals surface area contributed by atoms with Gasteiger partial charge >= 0.3 is 11.9 Å². The molecular formula is C11H19IO4. The monoisotopic (exact) mass is 342 g/mol. The molecule has 94 valence electrons. The fourth-order valence-corrected chi connectivity index (χ4v) is 1.39. The van der Waals surface area contributed by atoms with E-state index in [-0.39, 0.29) is 24.5 Å². The minimum Gasteiger partial charge on any atom is -0.465 e. The lowest BCUT2D eigenvalue weighted by Gasteiger charge is -2.14. The molecule has 0 fully saturated rings. The van der Waals surface area contributed by atoms with E-state index in [1.165, 1.54) is 0 Å². The van der Waals surface area contributed by atoms with Gasteiger partial charge in [-0.25, -0.2) is 0 Å². The summed E-state index contributed by atoms with van der Waals surface area (Å²) in [5.41, 5.74) is 0. The van der Waals surface area contributed by atoms with Gasteiger partial charge < -0.3 is 9.47 Å². The average molecular weight is 342 g/mol. The maximum Gasteiger partial charge on any atom is 0.309 e. The molecule has 0 saturated heterocycles. The van der Waals surface area contributed by atoms with Gasteiger partial charge in [0.1, 0.15) is 6.10 Å². The Balaban J connectivity index is 3.92. The van der Waals surface area contributed by atoms with Crippen LogP contribution in [0.5, 0.6) is 0 Å². The Morgan fingerprint density at radius 2 is 1.88 bits per heavy atom. The summed E-state index contributed by atoms with van der Waals surface area (Å²) in [5, 5.41) is 0. The third-order valence-electron chi connectivity index (χ3n) is 1.73. The molecule has 0 amide bonds. The Kier molecular flexibility index (Phi) is 8.60. The number of alkyl halides is 1. The molecule has 0 bridgehead atoms. The summed E-state index contributed by atoms with van der Waals surface area (Å²) >= 11 is 2.09. The number of halogens is 1. The summed E-state index contributed by atoms with van der Waals surface area (Å²) in [6, 6.07) is 0. The minimum atomic E-state index is -0.368. The number of carbonyl (C=O) groups is 2. The van der Waals surface area contributed by atoms with Crippen LogP contribution in [-0.4, -0.2) is 29.1 Å². The molecule has 1 atom stereocenters. The van der Waals surface area contributed by atoms with E-state index in [0.29, 0.717) is 23.4 Å². The molecule has 0 aromatic rings. The Labute approximate surface area is 110 Å². The first kappa shape index (κ1) is 15.7. The van der Waals surface area contributed by atoms with Gasteiger partial charge in [-0.15, -0.1) is 0 Å². The number of rotatable bonds is 7. The van der Waals surface area contributed by atoms with E-state index >= 15 is 0 Å². The second-order valence-corrected chi connectivity index (χ2v) is 4.78. The highest BCUT2D eigenvalue weighted by Crippen LogP contribution is 2.07. The van der Waals surface area contributed by atoms with Crippen molar-refractivity contribution in [3.8, 4) is 0 Å². The molecule has 1 unspecified atom stereocenters. The average Bonchev–Trinajstić information content (AvgIpc) is 2.25. The van der Waals surface area contributed by atoms with Crippen LogP contribution in [0.25, 0.3) is 0 Å². The van der Waals surface area contributed by atoms with E-state index in [1.54, 1.807) is 6.92 Å². The molecule has 0 heterocycles. The zero-order valence-electron chi connectivity index (χ0n) is 9.99. The van der Waals surface area contributed by atoms with Gasteiger partial charge in [-0.3, -0.25) is 9.59 Å². The van der Waals surface area contributed by atoms with Crippen LogP contribution in [0, 0.1) is 5.92 Å². The standard InChI is InChI=1S/C11H19IO4/c1-4-10(13)16-9(6-12)5-11(14)15-7-8(2)3/h8-9H,4-7H2,1-3H3. The summed E-state index contributed by atoms with van der Waals surface area (Å²) < 4.78 is 10.7. The van der Waals surface area contributed by atoms with Crippen molar-refractivity contribution in [3.05, 3.63) is 0 Å². The second-order valence-electron chi connectivity index (χ2n) is 3.90. The quantitative estimate of drug-likeness (QED) is 0.405. The summed E-state index contributed by atoms with van der Waals surface area (Å²) in [6.45, 7) is 6.08. The Bertz CT molecular complexity index is 228. The number of carbonyl (C=O) groups excluding carboxylic acids is 2. The van der Waals surface area contributed by atoms with Crippen molar-refractivity contribution in [2.75, 3.05) is 11.0 Å². The number of ether oxygens (including phenoxy) is 2. The number of esters is 2. The summed E-state index contributed by atoms with van der Waals surface area (Å²) in [4.78, 5) is 22.4. The van der Waals surface area contributed by atoms with Crippen molar-refractivity contribution in [3.63, 3.8) is 0 Å². The van der Waals surface area contributed by atoms with Crippen LogP contribution in [-0.2, 0) is 19.1 Å². The van der Waals surface area contributed by atoms with Gasteiger partial charge in [0, 0.05) is 10.8 Å². The van der Waals surface area contributed by atoms with Crippen molar-refractivity contribution < 1.29 is 19.1 Å². The van der Waals surface area contributed by atoms with Crippen LogP contribution >= 0.6 is 22.6 Å². The van der Waals surface area contributed by atoms with Crippen LogP contribution in [0.4, 0.5) is 0 Å². The molecule has 16 heavy (non-hydrogen) atoms. The van der Waals surface area contributed by atoms with E-state index in [2.05, 4.69) is 22.6 Å². The van der Waals surface area contributed by atoms with Crippen LogP contribution in [0.1, 0.15) is 33.6 Å². The zero-order chi connectivity index (χ0) is 12.6. The van der Waals surface area contributed by atoms with Crippen molar-refractivity contribution in [2.45, 2.75) is 39.7 Å². The van der Waals surface area contributed by atoms with Crippen LogP contribution in [0.3, 0.4) is 0 Å². The topological polar surface area (TPSA) is 52.6 Å². The van der Waals surface area contributed by atoms with Crippen LogP contribution < -0.4 is 0 Å². The lowest BCUT2D eigenvalue weighted by Crippen LogP contribution is -2.24. The molecule has 0 aliphatic heterocycles. The van der Waals surface area contributed by atoms with E-state index in [0.717, 1.165) is 0 Å². The molecule has 0 spiro atoms. The molecular weight excluding hydrogens is 323 g/mol. The van der Waals surface area contributed by atoms with Crippen LogP contribution in [0.15, 0.2) is 0 Å². The summed E-state index contributed by atoms with van der Waals surface area (Å²) in [5.74, 6) is -0.266. The zero-order valence-corrected chi connectivity index (χ0v) is 12.2. The minimum absolute atomic E-state index is 0.140. The highest BCUT2D eigenvalue weighted by atomic mass is 127. The van der Waals surface area contributed by atoms with Gasteiger partial charge in [-0.2, -0.15) is 0 Å². The lowest BCUT2D eigenvalue weighted by molar-refractivity contribution is -0.154. The molecule has 0 rings (SSSR count). The van der Waals surface area contributed by atoms with Crippen molar-refractivity contribution in [1.29, 1.82) is 0 Å². The normalized spacial score (nSPS) is 12.3. The van der Waals surface area contributed by atoms with Gasteiger partial charge in [0.25, 0.3) is 0 Å². The predicted octanol–water partition coefficient (Wildman–Crippen LogP) is 2.33. The lowest BCUT2D eigenvalue weighted by atomic mass is 10.2. The molecule has 0 radical (unpaired) electrons. The van der Waals surface area contributed by atoms with Gasteiger partial charge in [-0.05, 0) is 5.92 Å². The van der Waals surface area contributed by atoms with E-state index in [9.17, 15) is 9.59 Å². The highest BCUT2D eigenvalue weighted by Gasteiger charge is 2.17. The van der Waals surface area contributed by atoms with Gasteiger partial charge in [0.2, 0.25) is 0 Å². The predicted molar refractivity (Wildman–Crippen MR) is 69.5 cm³/mol.